The molecule has 0 amide bonds. The van der Waals surface area contributed by atoms with Crippen molar-refractivity contribution < 1.29 is 62.6 Å². The summed E-state index contributed by atoms with van der Waals surface area (Å²) < 4.78 is 36.4. The highest BCUT2D eigenvalue weighted by Crippen LogP contribution is 2.70. The van der Waals surface area contributed by atoms with E-state index < -0.39 is 106 Å². The van der Waals surface area contributed by atoms with E-state index in [1.165, 1.54) is 39.8 Å². The molecule has 0 radical (unpaired) electrons. The molecule has 2 N–H and O–H groups in total. The highest BCUT2D eigenvalue weighted by molar-refractivity contribution is 5.90. The molecule has 262 valence electrons. The van der Waals surface area contributed by atoms with Crippen LogP contribution in [0.15, 0.2) is 42.5 Å². The van der Waals surface area contributed by atoms with Crippen molar-refractivity contribution >= 4 is 29.8 Å². The van der Waals surface area contributed by atoms with E-state index in [2.05, 4.69) is 6.58 Å². The summed E-state index contributed by atoms with van der Waals surface area (Å²) in [7, 11) is 0. The first-order valence-electron chi connectivity index (χ1n) is 16.0. The lowest BCUT2D eigenvalue weighted by molar-refractivity contribution is -0.391. The lowest BCUT2D eigenvalue weighted by atomic mass is 9.52. The fraction of sp³-hybridized carbons (Fsp3) is 0.629. The number of carbonyl (C=O) groups excluding carboxylic acids is 5. The van der Waals surface area contributed by atoms with Crippen molar-refractivity contribution in [2.45, 2.75) is 115 Å². The number of aliphatic hydroxyl groups is 2. The number of benzene rings is 1. The summed E-state index contributed by atoms with van der Waals surface area (Å²) in [5, 5.41) is 26.1. The van der Waals surface area contributed by atoms with Crippen LogP contribution in [0.5, 0.6) is 0 Å². The molecule has 2 bridgehead atoms. The number of hydrogen-bond donors (Lipinski definition) is 2. The fourth-order valence-electron chi connectivity index (χ4n) is 9.33. The lowest BCUT2D eigenvalue weighted by Gasteiger charge is -2.62. The Labute approximate surface area is 278 Å². The van der Waals surface area contributed by atoms with Crippen LogP contribution >= 0.6 is 0 Å². The van der Waals surface area contributed by atoms with Gasteiger partial charge < -0.3 is 38.6 Å². The summed E-state index contributed by atoms with van der Waals surface area (Å²) in [6, 6.07) is 7.95. The minimum absolute atomic E-state index is 0.0764. The molecule has 2 saturated heterocycles. The van der Waals surface area contributed by atoms with Crippen LogP contribution in [0.3, 0.4) is 0 Å². The SMILES string of the molecule is C=C(C)[C@@]1(OC(=O)c2ccccc2)[C@H](O)[C@@H]2[C@H](OC(C)=O)[C@@]3(C)O[C@@]4([C@@H]3OC(C)=O)[C@@H](OC(C)=O)[C@@H](C)C[C@H]4[C@@]2(O)[C@H](C)[C@@H]1OC(C)=O. The first kappa shape index (κ1) is 35.5. The minimum Gasteiger partial charge on any atom is -0.459 e. The molecule has 13 atom stereocenters. The van der Waals surface area contributed by atoms with Gasteiger partial charge in [-0.2, -0.15) is 0 Å². The summed E-state index contributed by atoms with van der Waals surface area (Å²) in [6.45, 7) is 15.1. The number of aliphatic hydroxyl groups excluding tert-OH is 1. The monoisotopic (exact) mass is 672 g/mol. The molecule has 1 aromatic carbocycles. The van der Waals surface area contributed by atoms with Crippen LogP contribution < -0.4 is 0 Å². The first-order chi connectivity index (χ1) is 22.3. The molecule has 1 spiro atoms. The average molecular weight is 673 g/mol. The van der Waals surface area contributed by atoms with Gasteiger partial charge in [0.2, 0.25) is 0 Å². The van der Waals surface area contributed by atoms with Gasteiger partial charge in [0, 0.05) is 39.5 Å². The normalized spacial score (nSPS) is 42.4. The molecule has 48 heavy (non-hydrogen) atoms. The van der Waals surface area contributed by atoms with Crippen LogP contribution in [0.2, 0.25) is 0 Å². The van der Waals surface area contributed by atoms with E-state index in [4.69, 9.17) is 28.4 Å². The van der Waals surface area contributed by atoms with Gasteiger partial charge in [-0.15, -0.1) is 0 Å². The van der Waals surface area contributed by atoms with Crippen LogP contribution in [0, 0.1) is 23.7 Å². The highest BCUT2D eigenvalue weighted by atomic mass is 16.7. The molecule has 13 heteroatoms. The predicted octanol–water partition coefficient (Wildman–Crippen LogP) is 2.44. The Balaban J connectivity index is 1.81. The van der Waals surface area contributed by atoms with E-state index in [0.717, 1.165) is 13.8 Å². The van der Waals surface area contributed by atoms with Gasteiger partial charge in [-0.1, -0.05) is 38.6 Å². The zero-order valence-corrected chi connectivity index (χ0v) is 28.4. The molecule has 2 heterocycles. The summed E-state index contributed by atoms with van der Waals surface area (Å²) >= 11 is 0. The zero-order chi connectivity index (χ0) is 35.7. The largest absolute Gasteiger partial charge is 0.459 e. The maximum Gasteiger partial charge on any atom is 0.339 e. The Morgan fingerprint density at radius 2 is 1.35 bits per heavy atom. The van der Waals surface area contributed by atoms with Crippen molar-refractivity contribution in [2.75, 3.05) is 0 Å². The Hall–Kier alpha value is -3.81. The Bertz CT molecular complexity index is 1530. The van der Waals surface area contributed by atoms with Crippen molar-refractivity contribution in [2.24, 2.45) is 23.7 Å². The third-order valence-electron chi connectivity index (χ3n) is 10.9. The van der Waals surface area contributed by atoms with E-state index in [-0.39, 0.29) is 17.6 Å². The molecule has 0 unspecified atom stereocenters. The second kappa shape index (κ2) is 12.0. The molecular formula is C35H44O13. The van der Waals surface area contributed by atoms with Gasteiger partial charge in [0.25, 0.3) is 0 Å². The van der Waals surface area contributed by atoms with Crippen LogP contribution in [-0.4, -0.2) is 93.0 Å². The third kappa shape index (κ3) is 4.87. The zero-order valence-electron chi connectivity index (χ0n) is 28.4. The molecule has 6 rings (SSSR count). The van der Waals surface area contributed by atoms with Gasteiger partial charge in [-0.25, -0.2) is 4.79 Å². The summed E-state index contributed by atoms with van der Waals surface area (Å²) in [5.41, 5.74) is -7.54. The number of esters is 5. The van der Waals surface area contributed by atoms with Gasteiger partial charge in [-0.05, 0) is 43.9 Å². The number of carbonyl (C=O) groups is 5. The molecule has 1 aromatic rings. The molecular weight excluding hydrogens is 628 g/mol. The molecule has 3 aliphatic carbocycles. The van der Waals surface area contributed by atoms with Gasteiger partial charge in [0.05, 0.1) is 17.1 Å². The van der Waals surface area contributed by atoms with E-state index >= 15 is 0 Å². The summed E-state index contributed by atoms with van der Waals surface area (Å²) in [6.07, 6.45) is -7.20. The maximum atomic E-state index is 13.8. The van der Waals surface area contributed by atoms with Crippen molar-refractivity contribution in [1.82, 2.24) is 0 Å². The molecule has 3 saturated carbocycles. The second-order valence-electron chi connectivity index (χ2n) is 14.0. The van der Waals surface area contributed by atoms with Crippen molar-refractivity contribution in [3.8, 4) is 0 Å². The Morgan fingerprint density at radius 3 is 1.88 bits per heavy atom. The van der Waals surface area contributed by atoms with Crippen LogP contribution in [-0.2, 0) is 47.6 Å². The third-order valence-corrected chi connectivity index (χ3v) is 10.9. The highest BCUT2D eigenvalue weighted by Gasteiger charge is 2.88. The molecule has 2 aliphatic heterocycles. The number of rotatable bonds is 7. The van der Waals surface area contributed by atoms with Gasteiger partial charge in [0.15, 0.2) is 23.4 Å². The van der Waals surface area contributed by atoms with Crippen LogP contribution in [0.25, 0.3) is 0 Å². The standard InChI is InChI=1S/C35H44O13/c1-16(2)34(47-30(41)23-13-11-10-12-14-23)26(40)25-29(45-21(7)38)32(9)31(46-22(8)39)35(48-32)24(15-17(3)27(35)43-19(5)36)33(25,42)18(4)28(34)44-20(6)37/h10-14,17-18,24-29,31,40,42H,1,15H2,2-9H3/t17-,18+,24-,25+,26+,27-,28-,29-,31+,32+,33-,34+,35+/m0/s1. The number of hydrogen-bond acceptors (Lipinski definition) is 13. The topological polar surface area (TPSA) is 181 Å². The van der Waals surface area contributed by atoms with Gasteiger partial charge in [0.1, 0.15) is 23.9 Å². The lowest BCUT2D eigenvalue weighted by Crippen LogP contribution is -2.80. The van der Waals surface area contributed by atoms with E-state index in [1.807, 2.05) is 0 Å². The Morgan fingerprint density at radius 1 is 0.833 bits per heavy atom. The summed E-state index contributed by atoms with van der Waals surface area (Å²) in [4.78, 5) is 64.4. The molecule has 0 aromatic heterocycles. The minimum atomic E-state index is -2.19. The molecule has 13 nitrogen and oxygen atoms in total. The smallest absolute Gasteiger partial charge is 0.339 e. The van der Waals surface area contributed by atoms with Crippen molar-refractivity contribution in [3.05, 3.63) is 48.0 Å². The first-order valence-corrected chi connectivity index (χ1v) is 16.0. The van der Waals surface area contributed by atoms with E-state index in [0.29, 0.717) is 0 Å². The second-order valence-corrected chi connectivity index (χ2v) is 14.0. The van der Waals surface area contributed by atoms with Crippen LogP contribution in [0.1, 0.15) is 72.2 Å². The average Bonchev–Trinajstić information content (AvgIpc) is 3.22. The van der Waals surface area contributed by atoms with Gasteiger partial charge in [-0.3, -0.25) is 19.2 Å². The van der Waals surface area contributed by atoms with Crippen LogP contribution in [0.4, 0.5) is 0 Å². The van der Waals surface area contributed by atoms with Gasteiger partial charge >= 0.3 is 29.8 Å². The Kier molecular flexibility index (Phi) is 8.84. The molecule has 5 fully saturated rings. The quantitative estimate of drug-likeness (QED) is 0.245. The molecule has 5 aliphatic rings. The van der Waals surface area contributed by atoms with Crippen molar-refractivity contribution in [1.29, 1.82) is 0 Å². The summed E-state index contributed by atoms with van der Waals surface area (Å²) in [5.74, 6) is -8.09. The maximum absolute atomic E-state index is 13.8. The number of ether oxygens (including phenoxy) is 6. The van der Waals surface area contributed by atoms with E-state index in [9.17, 15) is 34.2 Å². The fourth-order valence-corrected chi connectivity index (χ4v) is 9.33. The van der Waals surface area contributed by atoms with Crippen molar-refractivity contribution in [3.63, 3.8) is 0 Å². The predicted molar refractivity (Wildman–Crippen MR) is 165 cm³/mol. The van der Waals surface area contributed by atoms with E-state index in [1.54, 1.807) is 32.0 Å².